The Morgan fingerprint density at radius 3 is 0.558 bits per heavy atom. The molecule has 43 heavy (non-hydrogen) atoms. The Kier molecular flexibility index (Phi) is 23.2. The fourth-order valence-electron chi connectivity index (χ4n) is 10.1. The molecule has 6 saturated carbocycles. The number of hydrogen-bond acceptors (Lipinski definition) is 0. The summed E-state index contributed by atoms with van der Waals surface area (Å²) in [6.45, 7) is 0. The summed E-state index contributed by atoms with van der Waals surface area (Å²) >= 11 is 2.99. The fourth-order valence-corrected chi connectivity index (χ4v) is 19.4. The molecule has 0 spiro atoms. The molecule has 0 radical (unpaired) electrons. The molecule has 0 unspecified atom stereocenters. The third kappa shape index (κ3) is 14.3. The molecule has 6 aliphatic carbocycles. The monoisotopic (exact) mass is 776 g/mol. The van der Waals surface area contributed by atoms with Gasteiger partial charge in [0.05, 0.1) is 0 Å². The van der Waals surface area contributed by atoms with Crippen LogP contribution in [0.15, 0.2) is 0 Å². The molecule has 0 amide bonds. The van der Waals surface area contributed by atoms with Gasteiger partial charge in [-0.05, 0) is 111 Å². The van der Waals surface area contributed by atoms with Gasteiger partial charge in [0.2, 0.25) is 0 Å². The molecule has 6 heteroatoms. The summed E-state index contributed by atoms with van der Waals surface area (Å²) in [4.78, 5) is 0. The molecule has 0 nitrogen and oxygen atoms in total. The van der Waals surface area contributed by atoms with Gasteiger partial charge >= 0.3 is 52.3 Å². The average Bonchev–Trinajstić information content (AvgIpc) is 3.10. The first-order valence-electron chi connectivity index (χ1n) is 18.9. The molecule has 6 fully saturated rings. The quantitative estimate of drug-likeness (QED) is 0.109. The van der Waals surface area contributed by atoms with E-state index in [1.165, 1.54) is 72.5 Å². The summed E-state index contributed by atoms with van der Waals surface area (Å²) in [5.74, 6) is 0. The maximum atomic E-state index is 5.33. The van der Waals surface area contributed by atoms with Crippen molar-refractivity contribution < 1.29 is 15.1 Å². The molecule has 0 heterocycles. The first-order chi connectivity index (χ1) is 21.3. The summed E-state index contributed by atoms with van der Waals surface area (Å²) < 4.78 is 0. The topological polar surface area (TPSA) is 0 Å². The Morgan fingerprint density at radius 1 is 0.326 bits per heavy atom. The van der Waals surface area contributed by atoms with E-state index in [0.29, 0.717) is 15.8 Å². The summed E-state index contributed by atoms with van der Waals surface area (Å²) in [5, 5.41) is 0. The van der Waals surface area contributed by atoms with Gasteiger partial charge in [-0.15, -0.1) is 0 Å². The SMILES string of the molecule is C1CCC(P(C2CCCCC2)C2CCCCC2)CC1.C1CCC(P(C2CCCCC2)C2CCCCC2)CC1.[C-]#[S+].[Cl][Ru][Cl]. The maximum absolute atomic E-state index is 5.33. The van der Waals surface area contributed by atoms with Crippen LogP contribution >= 0.6 is 35.2 Å². The Morgan fingerprint density at radius 2 is 0.442 bits per heavy atom. The van der Waals surface area contributed by atoms with Gasteiger partial charge in [0.15, 0.2) is 0 Å². The Hall–Kier alpha value is 2.19. The van der Waals surface area contributed by atoms with Crippen molar-refractivity contribution >= 4 is 47.3 Å². The molecule has 6 rings (SSSR count). The van der Waals surface area contributed by atoms with Crippen molar-refractivity contribution in [3.8, 4) is 0 Å². The van der Waals surface area contributed by atoms with E-state index in [1.54, 1.807) is 154 Å². The van der Waals surface area contributed by atoms with Crippen molar-refractivity contribution in [1.29, 1.82) is 0 Å². The van der Waals surface area contributed by atoms with Gasteiger partial charge in [-0.3, -0.25) is 0 Å². The van der Waals surface area contributed by atoms with Gasteiger partial charge in [-0.25, -0.2) is 0 Å². The van der Waals surface area contributed by atoms with Crippen LogP contribution in [-0.2, 0) is 27.2 Å². The van der Waals surface area contributed by atoms with E-state index < -0.39 is 0 Å². The fraction of sp³-hybridized carbons (Fsp3) is 0.973. The minimum atomic E-state index is -0.346. The standard InChI is InChI=1S/2C18H33P.CS.2ClH.Ru/c2*1-4-10-16(11-5-1)19(17-12-6-2-7-13-17)18-14-8-3-9-15-18;1-2;;;/h2*16-18H,1-15H2;;2*1H;/q;;;;;+2/p-2. The minimum absolute atomic E-state index is 0.346. The third-order valence-corrected chi connectivity index (χ3v) is 20.1. The van der Waals surface area contributed by atoms with Crippen LogP contribution < -0.4 is 0 Å². The van der Waals surface area contributed by atoms with Crippen molar-refractivity contribution in [3.63, 3.8) is 0 Å². The van der Waals surface area contributed by atoms with Crippen molar-refractivity contribution in [2.45, 2.75) is 227 Å². The van der Waals surface area contributed by atoms with Gasteiger partial charge in [-0.2, -0.15) is 0 Å². The predicted molar refractivity (Wildman–Crippen MR) is 197 cm³/mol. The Labute approximate surface area is 292 Å². The molecule has 0 saturated heterocycles. The summed E-state index contributed by atoms with van der Waals surface area (Å²) in [5.41, 5.74) is 12.5. The molecule has 0 aliphatic heterocycles. The summed E-state index contributed by atoms with van der Waals surface area (Å²) in [7, 11) is 10.5. The van der Waals surface area contributed by atoms with Crippen LogP contribution in [0.5, 0.6) is 0 Å². The molecular weight excluding hydrogens is 710 g/mol. The van der Waals surface area contributed by atoms with Gasteiger partial charge in [0.1, 0.15) is 0 Å². The van der Waals surface area contributed by atoms with E-state index >= 15 is 0 Å². The van der Waals surface area contributed by atoms with Gasteiger partial charge in [0, 0.05) is 0 Å². The van der Waals surface area contributed by atoms with E-state index in [1.807, 2.05) is 0 Å². The van der Waals surface area contributed by atoms with Crippen LogP contribution in [-0.4, -0.2) is 34.0 Å². The van der Waals surface area contributed by atoms with Crippen LogP contribution in [0, 0.1) is 5.69 Å². The van der Waals surface area contributed by atoms with E-state index in [2.05, 4.69) is 12.0 Å². The molecule has 6 aliphatic rings. The molecular formula is C37H66Cl2P2RuS. The first-order valence-corrected chi connectivity index (χ1v) is 26.9. The predicted octanol–water partition coefficient (Wildman–Crippen LogP) is 14.4. The molecule has 252 valence electrons. The summed E-state index contributed by atoms with van der Waals surface area (Å²) in [6, 6.07) is 0. The van der Waals surface area contributed by atoms with Crippen LogP contribution in [0.3, 0.4) is 0 Å². The zero-order valence-electron chi connectivity index (χ0n) is 27.6. The number of hydrogen-bond donors (Lipinski definition) is 0. The zero-order valence-corrected chi connectivity index (χ0v) is 33.4. The second kappa shape index (κ2) is 25.2. The second-order valence-corrected chi connectivity index (χ2v) is 23.5. The molecule has 0 atom stereocenters. The summed E-state index contributed by atoms with van der Waals surface area (Å²) in [6.07, 6.45) is 47.2. The van der Waals surface area contributed by atoms with Crippen LogP contribution in [0.25, 0.3) is 0 Å². The Balaban J connectivity index is 0.000000205. The van der Waals surface area contributed by atoms with Crippen molar-refractivity contribution in [3.05, 3.63) is 5.69 Å². The second-order valence-electron chi connectivity index (χ2n) is 14.7. The van der Waals surface area contributed by atoms with E-state index in [-0.39, 0.29) is 15.1 Å². The van der Waals surface area contributed by atoms with Crippen LogP contribution in [0.4, 0.5) is 0 Å². The Bertz CT molecular complexity index is 536. The van der Waals surface area contributed by atoms with Gasteiger partial charge in [-0.1, -0.05) is 131 Å². The van der Waals surface area contributed by atoms with Gasteiger partial charge < -0.3 is 0 Å². The third-order valence-electron chi connectivity index (χ3n) is 12.0. The molecule has 0 aromatic rings. The number of halogens is 2. The first kappa shape index (κ1) is 39.6. The normalized spacial score (nSPS) is 26.1. The average molecular weight is 777 g/mol. The molecule has 0 aromatic heterocycles. The molecule has 0 aromatic carbocycles. The van der Waals surface area contributed by atoms with E-state index in [0.717, 1.165) is 0 Å². The van der Waals surface area contributed by atoms with Crippen LogP contribution in [0.2, 0.25) is 0 Å². The van der Waals surface area contributed by atoms with Crippen molar-refractivity contribution in [2.75, 3.05) is 0 Å². The number of rotatable bonds is 6. The molecule has 0 N–H and O–H groups in total. The molecule has 0 bridgehead atoms. The van der Waals surface area contributed by atoms with Gasteiger partial charge in [0.25, 0.3) is 0 Å². The zero-order chi connectivity index (χ0) is 30.5. The van der Waals surface area contributed by atoms with Crippen molar-refractivity contribution in [2.24, 2.45) is 0 Å². The van der Waals surface area contributed by atoms with Crippen molar-refractivity contribution in [1.82, 2.24) is 0 Å². The van der Waals surface area contributed by atoms with Crippen LogP contribution in [0.1, 0.15) is 193 Å². The van der Waals surface area contributed by atoms with E-state index in [4.69, 9.17) is 25.1 Å². The van der Waals surface area contributed by atoms with E-state index in [9.17, 15) is 0 Å².